The van der Waals surface area contributed by atoms with Crippen LogP contribution in [0.3, 0.4) is 0 Å². The molecule has 0 saturated carbocycles. The predicted octanol–water partition coefficient (Wildman–Crippen LogP) is 4.87. The number of aromatic nitrogens is 2. The van der Waals surface area contributed by atoms with Gasteiger partial charge in [-0.3, -0.25) is 4.57 Å². The second-order valence-corrected chi connectivity index (χ2v) is 5.38. The van der Waals surface area contributed by atoms with Crippen molar-refractivity contribution in [2.24, 2.45) is 0 Å². The van der Waals surface area contributed by atoms with E-state index >= 15 is 0 Å². The number of para-hydroxylation sites is 1. The topological polar surface area (TPSA) is 44.5 Å². The summed E-state index contributed by atoms with van der Waals surface area (Å²) < 4.78 is 2.22. The van der Waals surface area contributed by atoms with Gasteiger partial charge < -0.3 is 4.98 Å². The fraction of sp³-hybridized carbons (Fsp3) is 0. The Labute approximate surface area is 130 Å². The summed E-state index contributed by atoms with van der Waals surface area (Å²) in [7, 11) is 0. The van der Waals surface area contributed by atoms with Crippen LogP contribution in [-0.2, 0) is 0 Å². The first-order valence-corrected chi connectivity index (χ1v) is 6.87. The van der Waals surface area contributed by atoms with E-state index in [9.17, 15) is 0 Å². The molecule has 0 saturated heterocycles. The Bertz CT molecular complexity index is 918. The highest BCUT2D eigenvalue weighted by Crippen LogP contribution is 2.30. The Morgan fingerprint density at radius 3 is 2.70 bits per heavy atom. The van der Waals surface area contributed by atoms with E-state index in [4.69, 9.17) is 40.7 Å². The number of nitrogens with one attached hydrogen (secondary N) is 1. The van der Waals surface area contributed by atoms with Crippen molar-refractivity contribution in [1.82, 2.24) is 9.55 Å². The molecule has 98 valence electrons. The van der Waals surface area contributed by atoms with Crippen molar-refractivity contribution in [3.63, 3.8) is 0 Å². The fourth-order valence-electron chi connectivity index (χ4n) is 2.10. The average Bonchev–Trinajstić information content (AvgIpc) is 2.77. The average molecular weight is 320 g/mol. The smallest absolute Gasteiger partial charge is 0.182 e. The number of nitriles is 1. The minimum Gasteiger partial charge on any atom is -0.330 e. The molecule has 1 aromatic heterocycles. The van der Waals surface area contributed by atoms with Crippen LogP contribution in [-0.4, -0.2) is 9.55 Å². The van der Waals surface area contributed by atoms with Gasteiger partial charge in [0.15, 0.2) is 4.77 Å². The Morgan fingerprint density at radius 1 is 1.15 bits per heavy atom. The Balaban J connectivity index is 2.44. The molecule has 3 nitrogen and oxygen atoms in total. The lowest BCUT2D eigenvalue weighted by Crippen LogP contribution is -1.96. The molecule has 3 aromatic rings. The number of hydrogen-bond acceptors (Lipinski definition) is 2. The van der Waals surface area contributed by atoms with Gasteiger partial charge in [-0.05, 0) is 42.5 Å². The van der Waals surface area contributed by atoms with Crippen molar-refractivity contribution < 1.29 is 0 Å². The molecule has 0 unspecified atom stereocenters. The first-order valence-electron chi connectivity index (χ1n) is 5.71. The molecule has 0 atom stereocenters. The minimum atomic E-state index is 0.477. The van der Waals surface area contributed by atoms with E-state index in [-0.39, 0.29) is 0 Å². The summed E-state index contributed by atoms with van der Waals surface area (Å²) in [6, 6.07) is 12.6. The van der Waals surface area contributed by atoms with E-state index in [0.717, 1.165) is 11.0 Å². The van der Waals surface area contributed by atoms with Gasteiger partial charge in [0.05, 0.1) is 38.4 Å². The number of imidazole rings is 1. The van der Waals surface area contributed by atoms with Gasteiger partial charge in [-0.1, -0.05) is 29.3 Å². The van der Waals surface area contributed by atoms with Crippen molar-refractivity contribution in [3.8, 4) is 11.8 Å². The van der Waals surface area contributed by atoms with Crippen LogP contribution in [0.1, 0.15) is 5.56 Å². The summed E-state index contributed by atoms with van der Waals surface area (Å²) in [5, 5.41) is 10.1. The molecule has 2 aromatic carbocycles. The van der Waals surface area contributed by atoms with Crippen molar-refractivity contribution >= 4 is 46.5 Å². The third kappa shape index (κ3) is 2.01. The van der Waals surface area contributed by atoms with Gasteiger partial charge in [0, 0.05) is 0 Å². The Hall–Kier alpha value is -1.80. The van der Waals surface area contributed by atoms with Crippen molar-refractivity contribution in [2.75, 3.05) is 0 Å². The molecule has 0 aliphatic carbocycles. The third-order valence-electron chi connectivity index (χ3n) is 2.97. The molecular formula is C14H7Cl2N3S. The SMILES string of the molecule is N#Cc1ccc(Cl)c(-n2c(=S)[nH]c3cccc(Cl)c32)c1. The van der Waals surface area contributed by atoms with Gasteiger partial charge in [-0.25, -0.2) is 0 Å². The molecule has 20 heavy (non-hydrogen) atoms. The molecule has 0 spiro atoms. The van der Waals surface area contributed by atoms with Gasteiger partial charge in [0.1, 0.15) is 0 Å². The quantitative estimate of drug-likeness (QED) is 0.650. The number of benzene rings is 2. The molecule has 0 amide bonds. The Kier molecular flexibility index (Phi) is 3.27. The summed E-state index contributed by atoms with van der Waals surface area (Å²) >= 11 is 17.8. The molecule has 0 aliphatic heterocycles. The van der Waals surface area contributed by atoms with E-state index in [1.165, 1.54) is 0 Å². The first kappa shape index (κ1) is 13.2. The number of rotatable bonds is 1. The molecule has 0 aliphatic rings. The maximum atomic E-state index is 9.03. The normalized spacial score (nSPS) is 10.7. The molecule has 0 bridgehead atoms. The van der Waals surface area contributed by atoms with Crippen LogP contribution in [0.2, 0.25) is 10.0 Å². The van der Waals surface area contributed by atoms with Crippen molar-refractivity contribution in [2.45, 2.75) is 0 Å². The lowest BCUT2D eigenvalue weighted by Gasteiger charge is -2.08. The first-order chi connectivity index (χ1) is 9.61. The van der Waals surface area contributed by atoms with Gasteiger partial charge >= 0.3 is 0 Å². The van der Waals surface area contributed by atoms with Crippen LogP contribution in [0.5, 0.6) is 0 Å². The molecule has 1 N–H and O–H groups in total. The van der Waals surface area contributed by atoms with E-state index in [0.29, 0.717) is 26.1 Å². The Morgan fingerprint density at radius 2 is 1.95 bits per heavy atom. The second kappa shape index (κ2) is 4.95. The summed E-state index contributed by atoms with van der Waals surface area (Å²) in [4.78, 5) is 3.08. The number of nitrogens with zero attached hydrogens (tertiary/aromatic N) is 2. The van der Waals surface area contributed by atoms with E-state index < -0.39 is 0 Å². The van der Waals surface area contributed by atoms with Crippen LogP contribution in [0.25, 0.3) is 16.7 Å². The van der Waals surface area contributed by atoms with E-state index in [1.54, 1.807) is 28.8 Å². The highest BCUT2D eigenvalue weighted by molar-refractivity contribution is 7.71. The standard InChI is InChI=1S/C14H7Cl2N3S/c15-9-5-4-8(7-17)6-12(9)19-13-10(16)2-1-3-11(13)18-14(19)20/h1-6H,(H,18,20). The van der Waals surface area contributed by atoms with Crippen LogP contribution in [0.4, 0.5) is 0 Å². The maximum absolute atomic E-state index is 9.03. The number of halogens is 2. The summed E-state index contributed by atoms with van der Waals surface area (Å²) in [6.45, 7) is 0. The molecule has 6 heteroatoms. The number of H-pyrrole nitrogens is 1. The predicted molar refractivity (Wildman–Crippen MR) is 83.2 cm³/mol. The lowest BCUT2D eigenvalue weighted by atomic mass is 10.2. The molecule has 0 fully saturated rings. The zero-order chi connectivity index (χ0) is 14.3. The number of aromatic amines is 1. The highest BCUT2D eigenvalue weighted by atomic mass is 35.5. The highest BCUT2D eigenvalue weighted by Gasteiger charge is 2.13. The van der Waals surface area contributed by atoms with Crippen LogP contribution in [0.15, 0.2) is 36.4 Å². The van der Waals surface area contributed by atoms with Crippen molar-refractivity contribution in [3.05, 3.63) is 56.8 Å². The third-order valence-corrected chi connectivity index (χ3v) is 3.88. The fourth-order valence-corrected chi connectivity index (χ4v) is 2.86. The van der Waals surface area contributed by atoms with Gasteiger partial charge in [-0.2, -0.15) is 5.26 Å². The largest absolute Gasteiger partial charge is 0.330 e. The summed E-state index contributed by atoms with van der Waals surface area (Å²) in [6.07, 6.45) is 0. The number of hydrogen-bond donors (Lipinski definition) is 1. The van der Waals surface area contributed by atoms with Gasteiger partial charge in [0.25, 0.3) is 0 Å². The summed E-state index contributed by atoms with van der Waals surface area (Å²) in [5.41, 5.74) is 2.71. The minimum absolute atomic E-state index is 0.477. The summed E-state index contributed by atoms with van der Waals surface area (Å²) in [5.74, 6) is 0. The van der Waals surface area contributed by atoms with E-state index in [1.807, 2.05) is 12.1 Å². The molecule has 3 rings (SSSR count). The second-order valence-electron chi connectivity index (χ2n) is 4.18. The zero-order valence-corrected chi connectivity index (χ0v) is 12.4. The number of fused-ring (bicyclic) bond motifs is 1. The van der Waals surface area contributed by atoms with Crippen LogP contribution >= 0.6 is 35.4 Å². The van der Waals surface area contributed by atoms with Gasteiger partial charge in [-0.15, -0.1) is 0 Å². The lowest BCUT2D eigenvalue weighted by molar-refractivity contribution is 1.06. The molecule has 0 radical (unpaired) electrons. The maximum Gasteiger partial charge on any atom is 0.182 e. The van der Waals surface area contributed by atoms with Gasteiger partial charge in [0.2, 0.25) is 0 Å². The van der Waals surface area contributed by atoms with Crippen LogP contribution < -0.4 is 0 Å². The van der Waals surface area contributed by atoms with Crippen molar-refractivity contribution in [1.29, 1.82) is 5.26 Å². The monoisotopic (exact) mass is 319 g/mol. The molecule has 1 heterocycles. The molecular weight excluding hydrogens is 313 g/mol. The van der Waals surface area contributed by atoms with Crippen LogP contribution in [0, 0.1) is 16.1 Å². The zero-order valence-electron chi connectivity index (χ0n) is 10.0. The van der Waals surface area contributed by atoms with E-state index in [2.05, 4.69) is 11.1 Å².